The van der Waals surface area contributed by atoms with Gasteiger partial charge < -0.3 is 4.42 Å². The lowest BCUT2D eigenvalue weighted by atomic mass is 10.2. The van der Waals surface area contributed by atoms with Gasteiger partial charge in [-0.15, -0.1) is 0 Å². The lowest BCUT2D eigenvalue weighted by Gasteiger charge is -1.91. The Balaban J connectivity index is 2.78. The third kappa shape index (κ3) is 0.978. The van der Waals surface area contributed by atoms with Crippen LogP contribution in [0.4, 0.5) is 4.39 Å². The lowest BCUT2D eigenvalue weighted by molar-refractivity contribution is 0.487. The van der Waals surface area contributed by atoms with Crippen molar-refractivity contribution in [3.63, 3.8) is 0 Å². The molecule has 0 fully saturated rings. The molecule has 0 spiro atoms. The Labute approximate surface area is 69.0 Å². The van der Waals surface area contributed by atoms with Gasteiger partial charge in [0, 0.05) is 12.5 Å². The largest absolute Gasteiger partial charge is 0.441 e. The number of aromatic nitrogens is 1. The van der Waals surface area contributed by atoms with E-state index in [1.54, 1.807) is 25.1 Å². The van der Waals surface area contributed by atoms with Crippen molar-refractivity contribution in [3.05, 3.63) is 29.7 Å². The predicted octanol–water partition coefficient (Wildman–Crippen LogP) is 2.61. The molecule has 3 heteroatoms. The van der Waals surface area contributed by atoms with Crippen LogP contribution in [-0.4, -0.2) is 4.98 Å². The Bertz CT molecular complexity index is 408. The molecule has 0 aliphatic carbocycles. The Kier molecular flexibility index (Phi) is 1.57. The molecule has 1 aromatic heterocycles. The van der Waals surface area contributed by atoms with Crippen molar-refractivity contribution in [2.75, 3.05) is 0 Å². The van der Waals surface area contributed by atoms with Gasteiger partial charge in [0.2, 0.25) is 0 Å². The summed E-state index contributed by atoms with van der Waals surface area (Å²) in [7, 11) is 0. The number of rotatable bonds is 1. The first-order valence-electron chi connectivity index (χ1n) is 3.72. The minimum Gasteiger partial charge on any atom is -0.441 e. The van der Waals surface area contributed by atoms with Gasteiger partial charge in [0.1, 0.15) is 12.2 Å². The SMILES string of the molecule is Cc1nc2c(CF)cccc2o1. The van der Waals surface area contributed by atoms with Gasteiger partial charge in [0.05, 0.1) is 0 Å². The van der Waals surface area contributed by atoms with Crippen molar-refractivity contribution in [2.24, 2.45) is 0 Å². The maximum atomic E-state index is 12.4. The van der Waals surface area contributed by atoms with Gasteiger partial charge in [-0.25, -0.2) is 9.37 Å². The first-order chi connectivity index (χ1) is 5.81. The number of nitrogens with zero attached hydrogens (tertiary/aromatic N) is 1. The standard InChI is InChI=1S/C9H8FNO/c1-6-11-9-7(5-10)3-2-4-8(9)12-6/h2-4H,5H2,1H3. The fourth-order valence-corrected chi connectivity index (χ4v) is 1.22. The minimum atomic E-state index is -0.497. The molecule has 2 nitrogen and oxygen atoms in total. The number of oxazole rings is 1. The molecular weight excluding hydrogens is 157 g/mol. The van der Waals surface area contributed by atoms with Crippen LogP contribution in [0.15, 0.2) is 22.6 Å². The van der Waals surface area contributed by atoms with E-state index in [1.165, 1.54) is 0 Å². The fraction of sp³-hybridized carbons (Fsp3) is 0.222. The van der Waals surface area contributed by atoms with Crippen LogP contribution in [0.25, 0.3) is 11.1 Å². The van der Waals surface area contributed by atoms with Gasteiger partial charge in [0.15, 0.2) is 11.5 Å². The Hall–Kier alpha value is -1.38. The molecule has 0 aliphatic rings. The highest BCUT2D eigenvalue weighted by Crippen LogP contribution is 2.19. The van der Waals surface area contributed by atoms with E-state index < -0.39 is 6.67 Å². The third-order valence-electron chi connectivity index (χ3n) is 1.75. The molecule has 0 bridgehead atoms. The van der Waals surface area contributed by atoms with Gasteiger partial charge in [-0.2, -0.15) is 0 Å². The van der Waals surface area contributed by atoms with E-state index in [4.69, 9.17) is 4.42 Å². The van der Waals surface area contributed by atoms with Gasteiger partial charge in [-0.05, 0) is 6.07 Å². The zero-order valence-electron chi connectivity index (χ0n) is 6.67. The molecule has 0 radical (unpaired) electrons. The highest BCUT2D eigenvalue weighted by molar-refractivity contribution is 5.76. The topological polar surface area (TPSA) is 26.0 Å². The average Bonchev–Trinajstić information content (AvgIpc) is 2.44. The van der Waals surface area contributed by atoms with Gasteiger partial charge >= 0.3 is 0 Å². The van der Waals surface area contributed by atoms with Crippen LogP contribution in [0.1, 0.15) is 11.5 Å². The normalized spacial score (nSPS) is 10.8. The van der Waals surface area contributed by atoms with Gasteiger partial charge in [-0.3, -0.25) is 0 Å². The van der Waals surface area contributed by atoms with E-state index in [0.29, 0.717) is 22.6 Å². The van der Waals surface area contributed by atoms with Crippen molar-refractivity contribution in [1.82, 2.24) is 4.98 Å². The molecule has 0 saturated carbocycles. The summed E-state index contributed by atoms with van der Waals surface area (Å²) in [6, 6.07) is 5.26. The predicted molar refractivity (Wildman–Crippen MR) is 43.6 cm³/mol. The van der Waals surface area contributed by atoms with Crippen LogP contribution >= 0.6 is 0 Å². The number of benzene rings is 1. The Morgan fingerprint density at radius 3 is 3.08 bits per heavy atom. The molecule has 1 heterocycles. The molecule has 0 aliphatic heterocycles. The number of halogens is 1. The molecule has 0 atom stereocenters. The van der Waals surface area contributed by atoms with Crippen LogP contribution < -0.4 is 0 Å². The maximum Gasteiger partial charge on any atom is 0.192 e. The highest BCUT2D eigenvalue weighted by Gasteiger charge is 2.05. The van der Waals surface area contributed by atoms with E-state index in [9.17, 15) is 4.39 Å². The molecule has 0 N–H and O–H groups in total. The summed E-state index contributed by atoms with van der Waals surface area (Å²) in [5.41, 5.74) is 1.88. The summed E-state index contributed by atoms with van der Waals surface area (Å²) < 4.78 is 17.6. The van der Waals surface area contributed by atoms with Crippen LogP contribution in [0.5, 0.6) is 0 Å². The van der Waals surface area contributed by atoms with Crippen molar-refractivity contribution in [1.29, 1.82) is 0 Å². The number of fused-ring (bicyclic) bond motifs is 1. The second-order valence-electron chi connectivity index (χ2n) is 2.63. The van der Waals surface area contributed by atoms with Crippen molar-refractivity contribution in [3.8, 4) is 0 Å². The molecule has 1 aromatic carbocycles. The zero-order chi connectivity index (χ0) is 8.55. The Morgan fingerprint density at radius 1 is 1.50 bits per heavy atom. The van der Waals surface area contributed by atoms with E-state index in [-0.39, 0.29) is 0 Å². The Morgan fingerprint density at radius 2 is 2.33 bits per heavy atom. The van der Waals surface area contributed by atoms with E-state index in [1.807, 2.05) is 0 Å². The smallest absolute Gasteiger partial charge is 0.192 e. The van der Waals surface area contributed by atoms with Crippen LogP contribution in [0.3, 0.4) is 0 Å². The number of alkyl halides is 1. The molecular formula is C9H8FNO. The first kappa shape index (κ1) is 7.28. The average molecular weight is 165 g/mol. The zero-order valence-corrected chi connectivity index (χ0v) is 6.67. The second-order valence-corrected chi connectivity index (χ2v) is 2.63. The van der Waals surface area contributed by atoms with Crippen molar-refractivity contribution < 1.29 is 8.81 Å². The summed E-state index contributed by atoms with van der Waals surface area (Å²) >= 11 is 0. The van der Waals surface area contributed by atoms with E-state index >= 15 is 0 Å². The van der Waals surface area contributed by atoms with E-state index in [0.717, 1.165) is 0 Å². The highest BCUT2D eigenvalue weighted by atomic mass is 19.1. The number of aryl methyl sites for hydroxylation is 1. The van der Waals surface area contributed by atoms with E-state index in [2.05, 4.69) is 4.98 Å². The molecule has 0 unspecified atom stereocenters. The van der Waals surface area contributed by atoms with Gasteiger partial charge in [0.25, 0.3) is 0 Å². The summed E-state index contributed by atoms with van der Waals surface area (Å²) in [4.78, 5) is 4.08. The minimum absolute atomic E-state index is 0.497. The molecule has 12 heavy (non-hydrogen) atoms. The third-order valence-corrected chi connectivity index (χ3v) is 1.75. The van der Waals surface area contributed by atoms with Crippen LogP contribution in [0, 0.1) is 6.92 Å². The van der Waals surface area contributed by atoms with Gasteiger partial charge in [-0.1, -0.05) is 12.1 Å². The van der Waals surface area contributed by atoms with Crippen LogP contribution in [-0.2, 0) is 6.67 Å². The maximum absolute atomic E-state index is 12.4. The molecule has 0 saturated heterocycles. The number of hydrogen-bond acceptors (Lipinski definition) is 2. The lowest BCUT2D eigenvalue weighted by Crippen LogP contribution is -1.80. The first-order valence-corrected chi connectivity index (χ1v) is 3.72. The van der Waals surface area contributed by atoms with Crippen molar-refractivity contribution in [2.45, 2.75) is 13.6 Å². The molecule has 62 valence electrons. The molecule has 2 aromatic rings. The molecule has 0 amide bonds. The summed E-state index contributed by atoms with van der Waals surface area (Å²) in [5.74, 6) is 0.575. The quantitative estimate of drug-likeness (QED) is 0.649. The summed E-state index contributed by atoms with van der Waals surface area (Å²) in [6.45, 7) is 1.26. The second kappa shape index (κ2) is 2.59. The molecule has 2 rings (SSSR count). The van der Waals surface area contributed by atoms with Crippen LogP contribution in [0.2, 0.25) is 0 Å². The monoisotopic (exact) mass is 165 g/mol. The van der Waals surface area contributed by atoms with Crippen molar-refractivity contribution >= 4 is 11.1 Å². The summed E-state index contributed by atoms with van der Waals surface area (Å²) in [5, 5.41) is 0. The fourth-order valence-electron chi connectivity index (χ4n) is 1.22. The number of para-hydroxylation sites is 1. The summed E-state index contributed by atoms with van der Waals surface area (Å²) in [6.07, 6.45) is 0. The number of hydrogen-bond donors (Lipinski definition) is 0.